The van der Waals surface area contributed by atoms with Gasteiger partial charge in [0.1, 0.15) is 17.9 Å². The summed E-state index contributed by atoms with van der Waals surface area (Å²) in [4.78, 5) is 10.5. The van der Waals surface area contributed by atoms with Crippen molar-refractivity contribution in [2.45, 2.75) is 71.3 Å². The molecule has 1 aliphatic carbocycles. The van der Waals surface area contributed by atoms with Crippen LogP contribution in [0.15, 0.2) is 0 Å². The number of carbonyl (C=O) groups is 1. The van der Waals surface area contributed by atoms with Gasteiger partial charge in [-0.2, -0.15) is 0 Å². The maximum atomic E-state index is 10.5. The van der Waals surface area contributed by atoms with Crippen molar-refractivity contribution in [1.29, 1.82) is 0 Å². The molecule has 1 heterocycles. The van der Waals surface area contributed by atoms with E-state index in [0.717, 1.165) is 36.8 Å². The Hall–Kier alpha value is -1.19. The van der Waals surface area contributed by atoms with Crippen molar-refractivity contribution in [1.82, 2.24) is 14.8 Å². The molecule has 2 rings (SSSR count). The third-order valence-electron chi connectivity index (χ3n) is 4.21. The summed E-state index contributed by atoms with van der Waals surface area (Å²) in [5, 5.41) is 8.56. The first-order valence-electron chi connectivity index (χ1n) is 7.69. The van der Waals surface area contributed by atoms with Gasteiger partial charge in [-0.3, -0.25) is 0 Å². The van der Waals surface area contributed by atoms with Crippen molar-refractivity contribution in [3.05, 3.63) is 11.6 Å². The van der Waals surface area contributed by atoms with Gasteiger partial charge in [0.05, 0.1) is 0 Å². The lowest BCUT2D eigenvalue weighted by Gasteiger charge is -2.21. The number of hydrogen-bond acceptors (Lipinski definition) is 3. The second kappa shape index (κ2) is 7.41. The Morgan fingerprint density at radius 1 is 1.16 bits per heavy atom. The quantitative estimate of drug-likeness (QED) is 0.711. The molecule has 1 aromatic rings. The zero-order chi connectivity index (χ0) is 13.5. The predicted molar refractivity (Wildman–Crippen MR) is 75.0 cm³/mol. The third-order valence-corrected chi connectivity index (χ3v) is 4.21. The van der Waals surface area contributed by atoms with Crippen LogP contribution in [0.5, 0.6) is 0 Å². The van der Waals surface area contributed by atoms with E-state index in [9.17, 15) is 4.79 Å². The molecule has 0 amide bonds. The fourth-order valence-electron chi connectivity index (χ4n) is 3.10. The van der Waals surface area contributed by atoms with E-state index in [1.165, 1.54) is 38.5 Å². The minimum Gasteiger partial charge on any atom is -0.315 e. The molecule has 1 aromatic heterocycles. The highest BCUT2D eigenvalue weighted by molar-refractivity contribution is 5.49. The summed E-state index contributed by atoms with van der Waals surface area (Å²) in [6, 6.07) is 0. The Balaban J connectivity index is 1.91. The molecule has 4 heteroatoms. The van der Waals surface area contributed by atoms with Crippen LogP contribution in [0.4, 0.5) is 0 Å². The molecule has 1 fully saturated rings. The van der Waals surface area contributed by atoms with Crippen LogP contribution in [0, 0.1) is 5.92 Å². The van der Waals surface area contributed by atoms with Crippen molar-refractivity contribution < 1.29 is 4.79 Å². The summed E-state index contributed by atoms with van der Waals surface area (Å²) in [5.41, 5.74) is 0. The van der Waals surface area contributed by atoms with E-state index in [4.69, 9.17) is 0 Å². The van der Waals surface area contributed by atoms with Crippen LogP contribution in [0.2, 0.25) is 0 Å². The van der Waals surface area contributed by atoms with Gasteiger partial charge in [-0.15, -0.1) is 10.2 Å². The molecular weight excluding hydrogens is 238 g/mol. The molecule has 0 saturated heterocycles. The zero-order valence-corrected chi connectivity index (χ0v) is 12.0. The van der Waals surface area contributed by atoms with E-state index >= 15 is 0 Å². The summed E-state index contributed by atoms with van der Waals surface area (Å²) in [5.74, 6) is 2.95. The molecule has 0 aliphatic heterocycles. The molecule has 0 bridgehead atoms. The first kappa shape index (κ1) is 14.2. The first-order valence-corrected chi connectivity index (χ1v) is 7.69. The Labute approximate surface area is 115 Å². The number of aryl methyl sites for hydroxylation is 2. The molecule has 0 unspecified atom stereocenters. The van der Waals surface area contributed by atoms with Crippen molar-refractivity contribution in [2.24, 2.45) is 5.92 Å². The van der Waals surface area contributed by atoms with E-state index in [0.29, 0.717) is 12.8 Å². The standard InChI is InChI=1S/C15H25N3O/c1-2-18-14(9-6-12-19)16-17-15(18)11-10-13-7-4-3-5-8-13/h12-13H,2-11H2,1H3. The average molecular weight is 263 g/mol. The zero-order valence-electron chi connectivity index (χ0n) is 12.0. The molecule has 19 heavy (non-hydrogen) atoms. The molecule has 106 valence electrons. The SMILES string of the molecule is CCn1c(CCC=O)nnc1CCC1CCCCC1. The Bertz CT molecular complexity index is 394. The summed E-state index contributed by atoms with van der Waals surface area (Å²) in [6.07, 6.45) is 11.5. The molecule has 0 radical (unpaired) electrons. The lowest BCUT2D eigenvalue weighted by Crippen LogP contribution is -2.11. The van der Waals surface area contributed by atoms with Gasteiger partial charge < -0.3 is 9.36 Å². The fourth-order valence-corrected chi connectivity index (χ4v) is 3.10. The third kappa shape index (κ3) is 3.88. The van der Waals surface area contributed by atoms with E-state index < -0.39 is 0 Å². The van der Waals surface area contributed by atoms with Crippen molar-refractivity contribution in [3.8, 4) is 0 Å². The summed E-state index contributed by atoms with van der Waals surface area (Å²) >= 11 is 0. The smallest absolute Gasteiger partial charge is 0.133 e. The average Bonchev–Trinajstić information content (AvgIpc) is 2.86. The van der Waals surface area contributed by atoms with Crippen LogP contribution < -0.4 is 0 Å². The topological polar surface area (TPSA) is 47.8 Å². The normalized spacial score (nSPS) is 16.7. The number of aldehydes is 1. The second-order valence-corrected chi connectivity index (χ2v) is 5.52. The van der Waals surface area contributed by atoms with E-state index in [1.807, 2.05) is 0 Å². The van der Waals surface area contributed by atoms with Crippen LogP contribution in [-0.4, -0.2) is 21.1 Å². The van der Waals surface area contributed by atoms with E-state index in [1.54, 1.807) is 0 Å². The van der Waals surface area contributed by atoms with Crippen molar-refractivity contribution >= 4 is 6.29 Å². The fraction of sp³-hybridized carbons (Fsp3) is 0.800. The Morgan fingerprint density at radius 3 is 2.47 bits per heavy atom. The molecular formula is C15H25N3O. The lowest BCUT2D eigenvalue weighted by molar-refractivity contribution is -0.107. The molecule has 1 saturated carbocycles. The Kier molecular flexibility index (Phi) is 5.55. The van der Waals surface area contributed by atoms with E-state index in [2.05, 4.69) is 21.7 Å². The Morgan fingerprint density at radius 2 is 1.84 bits per heavy atom. The van der Waals surface area contributed by atoms with Gasteiger partial charge in [-0.25, -0.2) is 0 Å². The van der Waals surface area contributed by atoms with Gasteiger partial charge in [0.25, 0.3) is 0 Å². The predicted octanol–water partition coefficient (Wildman–Crippen LogP) is 2.94. The molecule has 0 aromatic carbocycles. The van der Waals surface area contributed by atoms with Gasteiger partial charge in [-0.05, 0) is 19.3 Å². The van der Waals surface area contributed by atoms with Gasteiger partial charge in [0.15, 0.2) is 0 Å². The molecule has 4 nitrogen and oxygen atoms in total. The second-order valence-electron chi connectivity index (χ2n) is 5.52. The summed E-state index contributed by atoms with van der Waals surface area (Å²) in [6.45, 7) is 3.03. The molecule has 0 spiro atoms. The number of hydrogen-bond donors (Lipinski definition) is 0. The van der Waals surface area contributed by atoms with Gasteiger partial charge in [0, 0.05) is 25.8 Å². The number of aromatic nitrogens is 3. The lowest BCUT2D eigenvalue weighted by atomic mass is 9.86. The number of nitrogens with zero attached hydrogens (tertiary/aromatic N) is 3. The van der Waals surface area contributed by atoms with Crippen LogP contribution in [0.3, 0.4) is 0 Å². The molecule has 0 atom stereocenters. The van der Waals surface area contributed by atoms with Crippen molar-refractivity contribution in [2.75, 3.05) is 0 Å². The summed E-state index contributed by atoms with van der Waals surface area (Å²) in [7, 11) is 0. The number of carbonyl (C=O) groups excluding carboxylic acids is 1. The maximum Gasteiger partial charge on any atom is 0.133 e. The maximum absolute atomic E-state index is 10.5. The minimum absolute atomic E-state index is 0.542. The number of rotatable bonds is 7. The van der Waals surface area contributed by atoms with Gasteiger partial charge in [0.2, 0.25) is 0 Å². The van der Waals surface area contributed by atoms with Crippen LogP contribution in [0.25, 0.3) is 0 Å². The highest BCUT2D eigenvalue weighted by Gasteiger charge is 2.16. The first-order chi connectivity index (χ1) is 9.35. The van der Waals surface area contributed by atoms with Crippen LogP contribution in [0.1, 0.15) is 63.5 Å². The van der Waals surface area contributed by atoms with Crippen LogP contribution in [-0.2, 0) is 24.2 Å². The largest absolute Gasteiger partial charge is 0.315 e. The minimum atomic E-state index is 0.542. The van der Waals surface area contributed by atoms with Crippen LogP contribution >= 0.6 is 0 Å². The highest BCUT2D eigenvalue weighted by Crippen LogP contribution is 2.27. The van der Waals surface area contributed by atoms with E-state index in [-0.39, 0.29) is 0 Å². The van der Waals surface area contributed by atoms with Crippen molar-refractivity contribution in [3.63, 3.8) is 0 Å². The highest BCUT2D eigenvalue weighted by atomic mass is 16.1. The summed E-state index contributed by atoms with van der Waals surface area (Å²) < 4.78 is 2.19. The van der Waals surface area contributed by atoms with Gasteiger partial charge >= 0.3 is 0 Å². The monoisotopic (exact) mass is 263 g/mol. The van der Waals surface area contributed by atoms with Gasteiger partial charge in [-0.1, -0.05) is 32.1 Å². The molecule has 1 aliphatic rings. The molecule has 0 N–H and O–H groups in total.